The smallest absolute Gasteiger partial charge is 0.231 e. The fourth-order valence-electron chi connectivity index (χ4n) is 3.40. The van der Waals surface area contributed by atoms with Crippen molar-refractivity contribution in [1.29, 1.82) is 0 Å². The van der Waals surface area contributed by atoms with Gasteiger partial charge in [-0.05, 0) is 50.4 Å². The Kier molecular flexibility index (Phi) is 4.43. The lowest BCUT2D eigenvalue weighted by atomic mass is 9.93. The van der Waals surface area contributed by atoms with Crippen LogP contribution in [0.15, 0.2) is 23.6 Å². The van der Waals surface area contributed by atoms with Crippen molar-refractivity contribution in [3.63, 3.8) is 0 Å². The van der Waals surface area contributed by atoms with E-state index < -0.39 is 0 Å². The topological polar surface area (TPSA) is 54.8 Å². The van der Waals surface area contributed by atoms with Crippen molar-refractivity contribution >= 4 is 11.3 Å². The molecule has 1 saturated heterocycles. The van der Waals surface area contributed by atoms with E-state index in [9.17, 15) is 5.11 Å². The molecule has 3 heterocycles. The van der Waals surface area contributed by atoms with E-state index in [0.717, 1.165) is 60.2 Å². The predicted molar refractivity (Wildman–Crippen MR) is 93.4 cm³/mol. The summed E-state index contributed by atoms with van der Waals surface area (Å²) in [7, 11) is 0. The van der Waals surface area contributed by atoms with Gasteiger partial charge in [-0.1, -0.05) is 0 Å². The first kappa shape index (κ1) is 15.9. The molecule has 4 rings (SSSR count). The van der Waals surface area contributed by atoms with Crippen molar-refractivity contribution < 1.29 is 14.6 Å². The summed E-state index contributed by atoms with van der Waals surface area (Å²) in [5, 5.41) is 13.0. The summed E-state index contributed by atoms with van der Waals surface area (Å²) >= 11 is 1.66. The molecule has 2 aliphatic rings. The first-order valence-corrected chi connectivity index (χ1v) is 9.32. The van der Waals surface area contributed by atoms with Crippen LogP contribution in [0.5, 0.6) is 11.5 Å². The van der Waals surface area contributed by atoms with E-state index >= 15 is 0 Å². The lowest BCUT2D eigenvalue weighted by Gasteiger charge is -2.33. The number of likely N-dealkylation sites (tertiary alicyclic amines) is 1. The summed E-state index contributed by atoms with van der Waals surface area (Å²) in [5.41, 5.74) is 2.16. The van der Waals surface area contributed by atoms with Crippen LogP contribution in [0.3, 0.4) is 0 Å². The van der Waals surface area contributed by atoms with E-state index in [1.807, 2.05) is 25.1 Å². The standard InChI is InChI=1S/C18H22N2O3S/c1-12(21)14-3-2-6-20(8-14)9-15-10-24-18(19-15)13-4-5-16-17(7-13)23-11-22-16/h4-5,7,10,12,14,21H,2-3,6,8-9,11H2,1H3. The third-order valence-corrected chi connectivity index (χ3v) is 5.72. The number of aliphatic hydroxyl groups excluding tert-OH is 1. The lowest BCUT2D eigenvalue weighted by molar-refractivity contribution is 0.0595. The highest BCUT2D eigenvalue weighted by Gasteiger charge is 2.24. The van der Waals surface area contributed by atoms with Crippen LogP contribution in [0.25, 0.3) is 10.6 Å². The number of aliphatic hydroxyl groups is 1. The maximum atomic E-state index is 9.83. The molecule has 0 saturated carbocycles. The third kappa shape index (κ3) is 3.27. The molecule has 0 aliphatic carbocycles. The van der Waals surface area contributed by atoms with Crippen molar-refractivity contribution in [2.24, 2.45) is 5.92 Å². The third-order valence-electron chi connectivity index (χ3n) is 4.78. The van der Waals surface area contributed by atoms with Gasteiger partial charge in [-0.3, -0.25) is 4.90 Å². The zero-order valence-electron chi connectivity index (χ0n) is 13.8. The zero-order chi connectivity index (χ0) is 16.5. The molecule has 2 atom stereocenters. The van der Waals surface area contributed by atoms with Crippen LogP contribution < -0.4 is 9.47 Å². The molecule has 0 bridgehead atoms. The fraction of sp³-hybridized carbons (Fsp3) is 0.500. The summed E-state index contributed by atoms with van der Waals surface area (Å²) in [6, 6.07) is 5.96. The summed E-state index contributed by atoms with van der Waals surface area (Å²) < 4.78 is 10.8. The Morgan fingerprint density at radius 1 is 1.38 bits per heavy atom. The van der Waals surface area contributed by atoms with Crippen molar-refractivity contribution in [3.05, 3.63) is 29.3 Å². The highest BCUT2D eigenvalue weighted by atomic mass is 32.1. The van der Waals surface area contributed by atoms with Crippen LogP contribution in [-0.4, -0.2) is 41.0 Å². The number of rotatable bonds is 4. The van der Waals surface area contributed by atoms with E-state index in [-0.39, 0.29) is 6.10 Å². The minimum absolute atomic E-state index is 0.229. The maximum Gasteiger partial charge on any atom is 0.231 e. The van der Waals surface area contributed by atoms with Crippen molar-refractivity contribution in [2.75, 3.05) is 19.9 Å². The van der Waals surface area contributed by atoms with Gasteiger partial charge in [-0.2, -0.15) is 0 Å². The number of thiazole rings is 1. The van der Waals surface area contributed by atoms with Crippen LogP contribution >= 0.6 is 11.3 Å². The first-order chi connectivity index (χ1) is 11.7. The van der Waals surface area contributed by atoms with Crippen molar-refractivity contribution in [2.45, 2.75) is 32.4 Å². The van der Waals surface area contributed by atoms with Gasteiger partial charge in [0.1, 0.15) is 5.01 Å². The molecular weight excluding hydrogens is 324 g/mol. The van der Waals surface area contributed by atoms with Gasteiger partial charge < -0.3 is 14.6 Å². The second-order valence-electron chi connectivity index (χ2n) is 6.59. The maximum absolute atomic E-state index is 9.83. The molecule has 0 radical (unpaired) electrons. The summed E-state index contributed by atoms with van der Waals surface area (Å²) in [6.07, 6.45) is 2.04. The number of ether oxygens (including phenoxy) is 2. The highest BCUT2D eigenvalue weighted by molar-refractivity contribution is 7.13. The molecule has 2 unspecified atom stereocenters. The van der Waals surface area contributed by atoms with Gasteiger partial charge in [-0.25, -0.2) is 4.98 Å². The molecule has 2 aromatic rings. The van der Waals surface area contributed by atoms with Crippen molar-refractivity contribution in [3.8, 4) is 22.1 Å². The van der Waals surface area contributed by atoms with Gasteiger partial charge in [0.25, 0.3) is 0 Å². The molecule has 24 heavy (non-hydrogen) atoms. The number of piperidine rings is 1. The van der Waals surface area contributed by atoms with Gasteiger partial charge in [0, 0.05) is 24.0 Å². The molecule has 5 nitrogen and oxygen atoms in total. The Morgan fingerprint density at radius 3 is 3.12 bits per heavy atom. The molecule has 1 aromatic carbocycles. The molecule has 1 fully saturated rings. The normalized spacial score (nSPS) is 21.8. The average molecular weight is 346 g/mol. The Balaban J connectivity index is 1.45. The van der Waals surface area contributed by atoms with Crippen LogP contribution in [0.4, 0.5) is 0 Å². The van der Waals surface area contributed by atoms with E-state index in [1.165, 1.54) is 0 Å². The number of fused-ring (bicyclic) bond motifs is 1. The SMILES string of the molecule is CC(O)C1CCCN(Cc2csc(-c3ccc4c(c3)OCO4)n2)C1. The lowest BCUT2D eigenvalue weighted by Crippen LogP contribution is -2.39. The molecule has 2 aliphatic heterocycles. The number of nitrogens with zero attached hydrogens (tertiary/aromatic N) is 2. The molecule has 6 heteroatoms. The fourth-order valence-corrected chi connectivity index (χ4v) is 4.21. The van der Waals surface area contributed by atoms with Gasteiger partial charge in [0.05, 0.1) is 11.8 Å². The minimum atomic E-state index is -0.229. The Labute approximate surface area is 145 Å². The monoisotopic (exact) mass is 346 g/mol. The first-order valence-electron chi connectivity index (χ1n) is 8.44. The molecule has 0 amide bonds. The Bertz CT molecular complexity index is 716. The molecule has 1 N–H and O–H groups in total. The second-order valence-corrected chi connectivity index (χ2v) is 7.45. The van der Waals surface area contributed by atoms with Gasteiger partial charge in [0.2, 0.25) is 6.79 Å². The average Bonchev–Trinajstić information content (AvgIpc) is 3.23. The number of aromatic nitrogens is 1. The Hall–Kier alpha value is -1.63. The second kappa shape index (κ2) is 6.70. The number of hydrogen-bond acceptors (Lipinski definition) is 6. The molecular formula is C18H22N2O3S. The van der Waals surface area contributed by atoms with E-state index in [1.54, 1.807) is 11.3 Å². The number of hydrogen-bond donors (Lipinski definition) is 1. The zero-order valence-corrected chi connectivity index (χ0v) is 14.6. The van der Waals surface area contributed by atoms with Crippen LogP contribution in [0, 0.1) is 5.92 Å². The van der Waals surface area contributed by atoms with Crippen molar-refractivity contribution in [1.82, 2.24) is 9.88 Å². The van der Waals surface area contributed by atoms with Gasteiger partial charge in [-0.15, -0.1) is 11.3 Å². The van der Waals surface area contributed by atoms with Gasteiger partial charge in [0.15, 0.2) is 11.5 Å². The van der Waals surface area contributed by atoms with E-state index in [4.69, 9.17) is 14.5 Å². The summed E-state index contributed by atoms with van der Waals surface area (Å²) in [5.74, 6) is 1.97. The number of benzene rings is 1. The molecule has 0 spiro atoms. The Morgan fingerprint density at radius 2 is 2.25 bits per heavy atom. The predicted octanol–water partition coefficient (Wildman–Crippen LogP) is 3.13. The molecule has 128 valence electrons. The van der Waals surface area contributed by atoms with Gasteiger partial charge >= 0.3 is 0 Å². The minimum Gasteiger partial charge on any atom is -0.454 e. The van der Waals surface area contributed by atoms with Crippen LogP contribution in [0.2, 0.25) is 0 Å². The highest BCUT2D eigenvalue weighted by Crippen LogP contribution is 2.36. The van der Waals surface area contributed by atoms with Crippen LogP contribution in [-0.2, 0) is 6.54 Å². The quantitative estimate of drug-likeness (QED) is 0.922. The summed E-state index contributed by atoms with van der Waals surface area (Å²) in [4.78, 5) is 7.19. The largest absolute Gasteiger partial charge is 0.454 e. The summed E-state index contributed by atoms with van der Waals surface area (Å²) in [6.45, 7) is 5.08. The molecule has 1 aromatic heterocycles. The van der Waals surface area contributed by atoms with Crippen LogP contribution in [0.1, 0.15) is 25.5 Å². The van der Waals surface area contributed by atoms with E-state index in [2.05, 4.69) is 10.3 Å². The van der Waals surface area contributed by atoms with E-state index in [0.29, 0.717) is 12.7 Å².